The van der Waals surface area contributed by atoms with Crippen LogP contribution < -0.4 is 5.32 Å². The van der Waals surface area contributed by atoms with E-state index in [0.717, 1.165) is 11.3 Å². The van der Waals surface area contributed by atoms with Crippen LogP contribution in [0.2, 0.25) is 5.02 Å². The number of benzene rings is 2. The van der Waals surface area contributed by atoms with Crippen LogP contribution in [-0.4, -0.2) is 53.3 Å². The molecule has 1 heterocycles. The molecule has 2 amide bonds. The van der Waals surface area contributed by atoms with Crippen molar-refractivity contribution in [3.05, 3.63) is 76.9 Å². The Labute approximate surface area is 205 Å². The molecule has 8 heteroatoms. The molecule has 0 saturated heterocycles. The van der Waals surface area contributed by atoms with Crippen molar-refractivity contribution in [3.63, 3.8) is 0 Å². The zero-order chi connectivity index (χ0) is 24.7. The lowest BCUT2D eigenvalue weighted by molar-refractivity contribution is -0.138. The molecular formula is C26H31ClN4O3. The predicted molar refractivity (Wildman–Crippen MR) is 135 cm³/mol. The molecule has 0 aliphatic carbocycles. The second-order valence-electron chi connectivity index (χ2n) is 9.06. The number of halogens is 1. The van der Waals surface area contributed by atoms with Crippen molar-refractivity contribution in [1.29, 1.82) is 0 Å². The number of aromatic nitrogens is 2. The van der Waals surface area contributed by atoms with E-state index in [9.17, 15) is 9.59 Å². The number of ether oxygens (including phenoxy) is 1. The zero-order valence-corrected chi connectivity index (χ0v) is 20.8. The van der Waals surface area contributed by atoms with Crippen molar-refractivity contribution >= 4 is 29.2 Å². The number of hydrogen-bond donors (Lipinski definition) is 1. The summed E-state index contributed by atoms with van der Waals surface area (Å²) in [7, 11) is 1.46. The molecule has 0 atom stereocenters. The molecule has 0 radical (unpaired) electrons. The largest absolute Gasteiger partial charge is 0.375 e. The number of nitrogens with one attached hydrogen (secondary N) is 1. The van der Waals surface area contributed by atoms with E-state index in [1.165, 1.54) is 12.0 Å². The second kappa shape index (κ2) is 11.3. The smallest absolute Gasteiger partial charge is 0.249 e. The van der Waals surface area contributed by atoms with Gasteiger partial charge < -0.3 is 15.0 Å². The van der Waals surface area contributed by atoms with Gasteiger partial charge in [-0.3, -0.25) is 9.59 Å². The summed E-state index contributed by atoms with van der Waals surface area (Å²) in [6, 6.07) is 19.0. The lowest BCUT2D eigenvalue weighted by Crippen LogP contribution is -2.41. The predicted octanol–water partition coefficient (Wildman–Crippen LogP) is 4.48. The second-order valence-corrected chi connectivity index (χ2v) is 9.47. The lowest BCUT2D eigenvalue weighted by Gasteiger charge is -2.22. The third-order valence-corrected chi connectivity index (χ3v) is 5.61. The number of methoxy groups -OCH3 is 1. The van der Waals surface area contributed by atoms with Crippen molar-refractivity contribution < 1.29 is 14.3 Å². The first-order valence-electron chi connectivity index (χ1n) is 11.1. The van der Waals surface area contributed by atoms with Crippen molar-refractivity contribution in [2.45, 2.75) is 32.6 Å². The summed E-state index contributed by atoms with van der Waals surface area (Å²) in [5.41, 5.74) is 2.32. The average Bonchev–Trinajstić information content (AvgIpc) is 3.21. The summed E-state index contributed by atoms with van der Waals surface area (Å²) in [4.78, 5) is 27.2. The van der Waals surface area contributed by atoms with Crippen LogP contribution >= 0.6 is 11.6 Å². The van der Waals surface area contributed by atoms with Gasteiger partial charge in [0.15, 0.2) is 0 Å². The molecule has 0 aliphatic heterocycles. The van der Waals surface area contributed by atoms with Crippen LogP contribution in [0.25, 0.3) is 5.69 Å². The molecule has 0 spiro atoms. The highest BCUT2D eigenvalue weighted by Crippen LogP contribution is 2.29. The van der Waals surface area contributed by atoms with E-state index in [1.807, 2.05) is 75.4 Å². The van der Waals surface area contributed by atoms with Gasteiger partial charge in [-0.2, -0.15) is 5.10 Å². The van der Waals surface area contributed by atoms with Gasteiger partial charge in [-0.05, 0) is 24.1 Å². The number of carbonyl (C=O) groups is 2. The molecule has 2 aromatic carbocycles. The van der Waals surface area contributed by atoms with E-state index < -0.39 is 0 Å². The molecular weight excluding hydrogens is 452 g/mol. The normalized spacial score (nSPS) is 11.3. The summed E-state index contributed by atoms with van der Waals surface area (Å²) < 4.78 is 6.65. The zero-order valence-electron chi connectivity index (χ0n) is 20.0. The van der Waals surface area contributed by atoms with Crippen LogP contribution in [0.5, 0.6) is 0 Å². The Balaban J connectivity index is 1.81. The maximum Gasteiger partial charge on any atom is 0.249 e. The van der Waals surface area contributed by atoms with Gasteiger partial charge in [-0.25, -0.2) is 4.68 Å². The summed E-state index contributed by atoms with van der Waals surface area (Å²) in [5, 5.41) is 8.14. The topological polar surface area (TPSA) is 76.5 Å². The molecule has 1 aromatic heterocycles. The number of hydrogen-bond acceptors (Lipinski definition) is 4. The van der Waals surface area contributed by atoms with Crippen molar-refractivity contribution in [3.8, 4) is 5.69 Å². The van der Waals surface area contributed by atoms with Gasteiger partial charge >= 0.3 is 0 Å². The summed E-state index contributed by atoms with van der Waals surface area (Å²) >= 11 is 6.41. The molecule has 0 unspecified atom stereocenters. The minimum atomic E-state index is -0.328. The van der Waals surface area contributed by atoms with E-state index in [-0.39, 0.29) is 30.4 Å². The maximum atomic E-state index is 13.1. The van der Waals surface area contributed by atoms with Crippen LogP contribution in [0.4, 0.5) is 5.82 Å². The van der Waals surface area contributed by atoms with Crippen molar-refractivity contribution in [2.24, 2.45) is 0 Å². The number of nitrogens with zero attached hydrogens (tertiary/aromatic N) is 3. The third kappa shape index (κ3) is 6.68. The minimum absolute atomic E-state index is 0.0895. The van der Waals surface area contributed by atoms with Crippen LogP contribution in [0, 0.1) is 0 Å². The van der Waals surface area contributed by atoms with Gasteiger partial charge in [0.25, 0.3) is 0 Å². The number of amides is 2. The number of para-hydroxylation sites is 1. The quantitative estimate of drug-likeness (QED) is 0.488. The highest BCUT2D eigenvalue weighted by Gasteiger charge is 2.23. The average molecular weight is 483 g/mol. The molecule has 0 bridgehead atoms. The van der Waals surface area contributed by atoms with Crippen LogP contribution in [0.1, 0.15) is 32.0 Å². The molecule has 1 N–H and O–H groups in total. The molecule has 3 aromatic rings. The van der Waals surface area contributed by atoms with Crippen molar-refractivity contribution in [1.82, 2.24) is 14.7 Å². The fraction of sp³-hybridized carbons (Fsp3) is 0.346. The summed E-state index contributed by atoms with van der Waals surface area (Å²) in [6.45, 7) is 6.35. The Bertz CT molecular complexity index is 1120. The minimum Gasteiger partial charge on any atom is -0.375 e. The molecule has 0 fully saturated rings. The first-order chi connectivity index (χ1) is 16.2. The van der Waals surface area contributed by atoms with E-state index in [4.69, 9.17) is 21.4 Å². The highest BCUT2D eigenvalue weighted by molar-refractivity contribution is 6.32. The van der Waals surface area contributed by atoms with Gasteiger partial charge in [0.2, 0.25) is 11.8 Å². The van der Waals surface area contributed by atoms with Crippen LogP contribution in [0.3, 0.4) is 0 Å². The molecule has 7 nitrogen and oxygen atoms in total. The van der Waals surface area contributed by atoms with Gasteiger partial charge in [0.1, 0.15) is 12.4 Å². The lowest BCUT2D eigenvalue weighted by atomic mass is 9.92. The Morgan fingerprint density at radius 1 is 1.09 bits per heavy atom. The number of anilines is 1. The standard InChI is InChI=1S/C26H31ClN4O3/c1-26(2,3)22-16-23(31(29-22)21-13-9-8-12-20(21)27)28-24(32)17-30(25(33)18-34-4)15-14-19-10-6-5-7-11-19/h5-13,16H,14-15,17-18H2,1-4H3,(H,28,32). The SMILES string of the molecule is COCC(=O)N(CCc1ccccc1)CC(=O)Nc1cc(C(C)(C)C)nn1-c1ccccc1Cl. The van der Waals surface area contributed by atoms with E-state index >= 15 is 0 Å². The van der Waals surface area contributed by atoms with Crippen LogP contribution in [-0.2, 0) is 26.2 Å². The van der Waals surface area contributed by atoms with Crippen molar-refractivity contribution in [2.75, 3.05) is 32.1 Å². The Kier molecular flexibility index (Phi) is 8.47. The highest BCUT2D eigenvalue weighted by atomic mass is 35.5. The van der Waals surface area contributed by atoms with Gasteiger partial charge in [-0.15, -0.1) is 0 Å². The van der Waals surface area contributed by atoms with Gasteiger partial charge in [0.05, 0.1) is 22.9 Å². The monoisotopic (exact) mass is 482 g/mol. The summed E-state index contributed by atoms with van der Waals surface area (Å²) in [5.74, 6) is -0.0834. The Morgan fingerprint density at radius 3 is 2.41 bits per heavy atom. The van der Waals surface area contributed by atoms with Crippen LogP contribution in [0.15, 0.2) is 60.7 Å². The summed E-state index contributed by atoms with van der Waals surface area (Å²) in [6.07, 6.45) is 0.634. The fourth-order valence-corrected chi connectivity index (χ4v) is 3.63. The molecule has 34 heavy (non-hydrogen) atoms. The van der Waals surface area contributed by atoms with Gasteiger partial charge in [-0.1, -0.05) is 74.8 Å². The van der Waals surface area contributed by atoms with Gasteiger partial charge in [0, 0.05) is 25.1 Å². The van der Waals surface area contributed by atoms with E-state index in [2.05, 4.69) is 5.32 Å². The number of carbonyl (C=O) groups excluding carboxylic acids is 2. The first kappa shape index (κ1) is 25.5. The molecule has 0 aliphatic rings. The van der Waals surface area contributed by atoms with E-state index in [1.54, 1.807) is 10.7 Å². The number of rotatable bonds is 9. The Hall–Kier alpha value is -3.16. The first-order valence-corrected chi connectivity index (χ1v) is 11.5. The molecule has 3 rings (SSSR count). The van der Waals surface area contributed by atoms with E-state index in [0.29, 0.717) is 29.5 Å². The molecule has 0 saturated carbocycles. The molecule has 180 valence electrons. The maximum absolute atomic E-state index is 13.1. The Morgan fingerprint density at radius 2 is 1.76 bits per heavy atom. The fourth-order valence-electron chi connectivity index (χ4n) is 3.41. The third-order valence-electron chi connectivity index (χ3n) is 5.29.